The van der Waals surface area contributed by atoms with Gasteiger partial charge in [-0.2, -0.15) is 5.10 Å². The van der Waals surface area contributed by atoms with Crippen LogP contribution in [0.4, 0.5) is 0 Å². The smallest absolute Gasteiger partial charge is 0.274 e. The van der Waals surface area contributed by atoms with Gasteiger partial charge in [-0.3, -0.25) is 9.48 Å². The molecule has 0 aromatic carbocycles. The maximum Gasteiger partial charge on any atom is 0.274 e. The van der Waals surface area contributed by atoms with Gasteiger partial charge in [0.2, 0.25) is 0 Å². The molecule has 2 aliphatic rings. The number of carbonyl (C=O) groups excluding carboxylic acids is 1. The molecule has 1 aliphatic heterocycles. The monoisotopic (exact) mass is 234 g/mol. The van der Waals surface area contributed by atoms with Crippen LogP contribution >= 0.6 is 0 Å². The molecule has 1 saturated carbocycles. The lowest BCUT2D eigenvalue weighted by molar-refractivity contribution is 0.0729. The van der Waals surface area contributed by atoms with Crippen molar-refractivity contribution in [1.82, 2.24) is 20.0 Å². The van der Waals surface area contributed by atoms with E-state index >= 15 is 0 Å². The average Bonchev–Trinajstić information content (AvgIpc) is 3.13. The van der Waals surface area contributed by atoms with E-state index in [-0.39, 0.29) is 5.91 Å². The summed E-state index contributed by atoms with van der Waals surface area (Å²) in [5, 5.41) is 7.60. The lowest BCUT2D eigenvalue weighted by Gasteiger charge is -2.26. The van der Waals surface area contributed by atoms with E-state index in [1.807, 2.05) is 22.7 Å². The molecular weight excluding hydrogens is 216 g/mol. The predicted octanol–water partition coefficient (Wildman–Crippen LogP) is 0.343. The second-order valence-electron chi connectivity index (χ2n) is 4.89. The molecule has 1 aromatic rings. The van der Waals surface area contributed by atoms with Crippen molar-refractivity contribution < 1.29 is 4.79 Å². The molecule has 0 atom stereocenters. The Labute approximate surface area is 101 Å². The van der Waals surface area contributed by atoms with Gasteiger partial charge in [0, 0.05) is 44.8 Å². The molecule has 0 radical (unpaired) electrons. The van der Waals surface area contributed by atoms with Crippen LogP contribution < -0.4 is 5.32 Å². The van der Waals surface area contributed by atoms with Gasteiger partial charge in [-0.25, -0.2) is 0 Å². The highest BCUT2D eigenvalue weighted by atomic mass is 16.2. The van der Waals surface area contributed by atoms with E-state index in [2.05, 4.69) is 10.4 Å². The average molecular weight is 234 g/mol. The maximum atomic E-state index is 12.2. The summed E-state index contributed by atoms with van der Waals surface area (Å²) in [4.78, 5) is 14.1. The summed E-state index contributed by atoms with van der Waals surface area (Å²) in [5.41, 5.74) is 1.82. The highest BCUT2D eigenvalue weighted by Crippen LogP contribution is 2.39. The zero-order valence-corrected chi connectivity index (χ0v) is 10.1. The van der Waals surface area contributed by atoms with Gasteiger partial charge in [0.1, 0.15) is 0 Å². The molecule has 1 amide bonds. The van der Waals surface area contributed by atoms with Gasteiger partial charge in [0.15, 0.2) is 5.69 Å². The standard InChI is InChI=1S/C12H18N4O/c1-15-11(9-2-3-9)8-10(14-15)12(17)16-6-4-13-5-7-16/h8-9,13H,2-7H2,1H3. The van der Waals surface area contributed by atoms with E-state index in [0.717, 1.165) is 26.2 Å². The van der Waals surface area contributed by atoms with Gasteiger partial charge in [-0.1, -0.05) is 0 Å². The minimum absolute atomic E-state index is 0.0778. The molecule has 2 fully saturated rings. The molecule has 1 aliphatic carbocycles. The van der Waals surface area contributed by atoms with Crippen LogP contribution in [0.15, 0.2) is 6.07 Å². The Morgan fingerprint density at radius 1 is 1.41 bits per heavy atom. The topological polar surface area (TPSA) is 50.2 Å². The van der Waals surface area contributed by atoms with E-state index in [1.54, 1.807) is 0 Å². The molecule has 5 nitrogen and oxygen atoms in total. The number of amides is 1. The van der Waals surface area contributed by atoms with E-state index in [4.69, 9.17) is 0 Å². The van der Waals surface area contributed by atoms with E-state index in [0.29, 0.717) is 11.6 Å². The van der Waals surface area contributed by atoms with Crippen LogP contribution in [-0.2, 0) is 7.05 Å². The van der Waals surface area contributed by atoms with Crippen LogP contribution in [0.25, 0.3) is 0 Å². The van der Waals surface area contributed by atoms with Crippen LogP contribution in [0.3, 0.4) is 0 Å². The molecule has 1 N–H and O–H groups in total. The molecule has 5 heteroatoms. The highest BCUT2D eigenvalue weighted by molar-refractivity contribution is 5.92. The van der Waals surface area contributed by atoms with Crippen molar-refractivity contribution in [3.8, 4) is 0 Å². The fourth-order valence-electron chi connectivity index (χ4n) is 2.38. The quantitative estimate of drug-likeness (QED) is 0.803. The zero-order chi connectivity index (χ0) is 11.8. The molecular formula is C12H18N4O. The van der Waals surface area contributed by atoms with Gasteiger partial charge in [-0.05, 0) is 18.9 Å². The number of carbonyl (C=O) groups is 1. The molecule has 92 valence electrons. The van der Waals surface area contributed by atoms with Gasteiger partial charge in [-0.15, -0.1) is 0 Å². The fourth-order valence-corrected chi connectivity index (χ4v) is 2.38. The molecule has 1 aromatic heterocycles. The molecule has 3 rings (SSSR count). The third-order valence-electron chi connectivity index (χ3n) is 3.53. The summed E-state index contributed by atoms with van der Waals surface area (Å²) in [7, 11) is 1.93. The minimum Gasteiger partial charge on any atom is -0.335 e. The lowest BCUT2D eigenvalue weighted by atomic mass is 10.2. The maximum absolute atomic E-state index is 12.2. The Balaban J connectivity index is 1.78. The summed E-state index contributed by atoms with van der Waals surface area (Å²) >= 11 is 0. The van der Waals surface area contributed by atoms with Crippen LogP contribution in [0.1, 0.15) is 34.9 Å². The summed E-state index contributed by atoms with van der Waals surface area (Å²) < 4.78 is 1.87. The normalized spacial score (nSPS) is 20.6. The molecule has 2 heterocycles. The van der Waals surface area contributed by atoms with Crippen molar-refractivity contribution in [2.75, 3.05) is 26.2 Å². The van der Waals surface area contributed by atoms with Crippen molar-refractivity contribution in [3.05, 3.63) is 17.5 Å². The number of hydrogen-bond acceptors (Lipinski definition) is 3. The second kappa shape index (κ2) is 4.14. The van der Waals surface area contributed by atoms with E-state index < -0.39 is 0 Å². The fraction of sp³-hybridized carbons (Fsp3) is 0.667. The third kappa shape index (κ3) is 2.07. The van der Waals surface area contributed by atoms with E-state index in [9.17, 15) is 4.79 Å². The van der Waals surface area contributed by atoms with E-state index in [1.165, 1.54) is 18.5 Å². The van der Waals surface area contributed by atoms with Crippen LogP contribution in [-0.4, -0.2) is 46.8 Å². The molecule has 0 bridgehead atoms. The lowest BCUT2D eigenvalue weighted by Crippen LogP contribution is -2.46. The summed E-state index contributed by atoms with van der Waals surface area (Å²) in [6, 6.07) is 1.97. The number of aryl methyl sites for hydroxylation is 1. The first-order valence-corrected chi connectivity index (χ1v) is 6.29. The van der Waals surface area contributed by atoms with Crippen LogP contribution in [0.2, 0.25) is 0 Å². The molecule has 17 heavy (non-hydrogen) atoms. The van der Waals surface area contributed by atoms with Gasteiger partial charge in [0.05, 0.1) is 0 Å². The first-order chi connectivity index (χ1) is 8.25. The van der Waals surface area contributed by atoms with Gasteiger partial charge in [0.25, 0.3) is 5.91 Å². The molecule has 0 spiro atoms. The largest absolute Gasteiger partial charge is 0.335 e. The Morgan fingerprint density at radius 2 is 2.12 bits per heavy atom. The first kappa shape index (κ1) is 10.8. The summed E-state index contributed by atoms with van der Waals surface area (Å²) in [5.74, 6) is 0.714. The Kier molecular flexibility index (Phi) is 2.63. The number of nitrogens with zero attached hydrogens (tertiary/aromatic N) is 3. The number of hydrogen-bond donors (Lipinski definition) is 1. The second-order valence-corrected chi connectivity index (χ2v) is 4.89. The number of nitrogens with one attached hydrogen (secondary N) is 1. The van der Waals surface area contributed by atoms with Crippen LogP contribution in [0, 0.1) is 0 Å². The van der Waals surface area contributed by atoms with Gasteiger partial charge < -0.3 is 10.2 Å². The molecule has 0 unspecified atom stereocenters. The van der Waals surface area contributed by atoms with Gasteiger partial charge >= 0.3 is 0 Å². The van der Waals surface area contributed by atoms with Crippen molar-refractivity contribution in [2.24, 2.45) is 7.05 Å². The number of rotatable bonds is 2. The predicted molar refractivity (Wildman–Crippen MR) is 64.0 cm³/mol. The number of piperazine rings is 1. The van der Waals surface area contributed by atoms with Crippen molar-refractivity contribution >= 4 is 5.91 Å². The SMILES string of the molecule is Cn1nc(C(=O)N2CCNCC2)cc1C1CC1. The number of aromatic nitrogens is 2. The molecule has 1 saturated heterocycles. The van der Waals surface area contributed by atoms with Crippen LogP contribution in [0.5, 0.6) is 0 Å². The van der Waals surface area contributed by atoms with Crippen molar-refractivity contribution in [1.29, 1.82) is 0 Å². The minimum atomic E-state index is 0.0778. The van der Waals surface area contributed by atoms with Crippen molar-refractivity contribution in [2.45, 2.75) is 18.8 Å². The Morgan fingerprint density at radius 3 is 2.76 bits per heavy atom. The highest BCUT2D eigenvalue weighted by Gasteiger charge is 2.29. The van der Waals surface area contributed by atoms with Crippen molar-refractivity contribution in [3.63, 3.8) is 0 Å². The third-order valence-corrected chi connectivity index (χ3v) is 3.53. The Hall–Kier alpha value is -1.36. The Bertz CT molecular complexity index is 430. The summed E-state index contributed by atoms with van der Waals surface area (Å²) in [6.45, 7) is 3.34. The summed E-state index contributed by atoms with van der Waals surface area (Å²) in [6.07, 6.45) is 2.47. The zero-order valence-electron chi connectivity index (χ0n) is 10.1. The first-order valence-electron chi connectivity index (χ1n) is 6.29.